The molecule has 0 fully saturated rings. The van der Waals surface area contributed by atoms with Crippen molar-refractivity contribution in [3.63, 3.8) is 0 Å². The molecule has 0 aliphatic rings. The minimum absolute atomic E-state index is 0. The molecule has 0 unspecified atom stereocenters. The minimum atomic E-state index is -1.06. The first kappa shape index (κ1) is 13.2. The molecule has 0 aliphatic heterocycles. The van der Waals surface area contributed by atoms with E-state index in [0.29, 0.717) is 6.42 Å². The summed E-state index contributed by atoms with van der Waals surface area (Å²) in [5.41, 5.74) is 0.992. The molecule has 70 valence electrons. The first-order chi connectivity index (χ1) is 6.24. The molecule has 0 aliphatic carbocycles. The Hall–Kier alpha value is -0.753. The molecule has 4 heteroatoms. The van der Waals surface area contributed by atoms with Gasteiger partial charge >= 0.3 is 18.9 Å². The van der Waals surface area contributed by atoms with Crippen molar-refractivity contribution < 1.29 is 28.8 Å². The summed E-state index contributed by atoms with van der Waals surface area (Å²) in [7, 11) is 1.61. The zero-order valence-electron chi connectivity index (χ0n) is 8.49. The van der Waals surface area contributed by atoms with Crippen LogP contribution in [-0.2, 0) is 11.2 Å². The second-order valence-electron chi connectivity index (χ2n) is 2.85. The van der Waals surface area contributed by atoms with Gasteiger partial charge in [0.2, 0.25) is 0 Å². The summed E-state index contributed by atoms with van der Waals surface area (Å²) in [4.78, 5) is 10.6. The van der Waals surface area contributed by atoms with Gasteiger partial charge in [0.1, 0.15) is 0 Å². The second-order valence-corrected chi connectivity index (χ2v) is 2.85. The number of carbonyl (C=O) groups is 1. The van der Waals surface area contributed by atoms with Crippen LogP contribution in [0.15, 0.2) is 30.3 Å². The number of carboxylic acid groups (broad SMARTS) is 1. The van der Waals surface area contributed by atoms with E-state index >= 15 is 0 Å². The van der Waals surface area contributed by atoms with Crippen molar-refractivity contribution in [1.29, 1.82) is 0 Å². The largest absolute Gasteiger partial charge is 1.00 e. The van der Waals surface area contributed by atoms with Crippen LogP contribution in [0.1, 0.15) is 5.56 Å². The summed E-state index contributed by atoms with van der Waals surface area (Å²) in [6.07, 6.45) is 0.458. The van der Waals surface area contributed by atoms with E-state index in [2.05, 4.69) is 5.32 Å². The number of hydrogen-bond donors (Lipinski definition) is 1. The van der Waals surface area contributed by atoms with E-state index in [1.807, 2.05) is 30.3 Å². The fourth-order valence-electron chi connectivity index (χ4n) is 1.15. The summed E-state index contributed by atoms with van der Waals surface area (Å²) in [6, 6.07) is 8.86. The molecule has 0 spiro atoms. The number of carboxylic acids is 1. The Morgan fingerprint density at radius 2 is 2.00 bits per heavy atom. The van der Waals surface area contributed by atoms with E-state index in [1.54, 1.807) is 7.05 Å². The van der Waals surface area contributed by atoms with Crippen molar-refractivity contribution in [2.24, 2.45) is 0 Å². The van der Waals surface area contributed by atoms with Crippen LogP contribution in [0.4, 0.5) is 0 Å². The van der Waals surface area contributed by atoms with Gasteiger partial charge in [-0.25, -0.2) is 0 Å². The SMILES string of the molecule is CN[C@@H](Cc1ccccc1)C(=O)[O-].[Li+]. The molecule has 0 saturated heterocycles. The molecule has 1 N–H and O–H groups in total. The van der Waals surface area contributed by atoms with Crippen LogP contribution in [0, 0.1) is 0 Å². The van der Waals surface area contributed by atoms with Crippen LogP contribution in [0.25, 0.3) is 0 Å². The number of hydrogen-bond acceptors (Lipinski definition) is 3. The molecule has 14 heavy (non-hydrogen) atoms. The maximum absolute atomic E-state index is 10.6. The molecular formula is C10H12LiNO2. The summed E-state index contributed by atoms with van der Waals surface area (Å²) < 4.78 is 0. The van der Waals surface area contributed by atoms with Gasteiger partial charge in [0.25, 0.3) is 0 Å². The molecule has 1 aromatic carbocycles. The number of benzene rings is 1. The van der Waals surface area contributed by atoms with Gasteiger partial charge in [-0.2, -0.15) is 0 Å². The topological polar surface area (TPSA) is 52.2 Å². The predicted octanol–water partition coefficient (Wildman–Crippen LogP) is -3.43. The van der Waals surface area contributed by atoms with Crippen molar-refractivity contribution in [1.82, 2.24) is 5.32 Å². The Balaban J connectivity index is 0.00000169. The Kier molecular flexibility index (Phi) is 6.31. The Morgan fingerprint density at radius 3 is 2.43 bits per heavy atom. The number of nitrogens with one attached hydrogen (secondary N) is 1. The van der Waals surface area contributed by atoms with E-state index in [1.165, 1.54) is 0 Å². The molecule has 0 aromatic heterocycles. The van der Waals surface area contributed by atoms with Crippen LogP contribution in [-0.4, -0.2) is 19.1 Å². The summed E-state index contributed by atoms with van der Waals surface area (Å²) >= 11 is 0. The van der Waals surface area contributed by atoms with Gasteiger partial charge in [-0.3, -0.25) is 0 Å². The summed E-state index contributed by atoms with van der Waals surface area (Å²) in [6.45, 7) is 0. The summed E-state index contributed by atoms with van der Waals surface area (Å²) in [5, 5.41) is 13.2. The van der Waals surface area contributed by atoms with Crippen LogP contribution in [0.2, 0.25) is 0 Å². The van der Waals surface area contributed by atoms with Crippen LogP contribution < -0.4 is 29.3 Å². The van der Waals surface area contributed by atoms with Crippen molar-refractivity contribution in [2.75, 3.05) is 7.05 Å². The molecule has 3 nitrogen and oxygen atoms in total. The molecule has 0 heterocycles. The second kappa shape index (κ2) is 6.66. The van der Waals surface area contributed by atoms with Crippen LogP contribution in [0.3, 0.4) is 0 Å². The van der Waals surface area contributed by atoms with Gasteiger partial charge in [0.15, 0.2) is 0 Å². The van der Waals surface area contributed by atoms with Crippen LogP contribution in [0.5, 0.6) is 0 Å². The van der Waals surface area contributed by atoms with Crippen molar-refractivity contribution >= 4 is 5.97 Å². The molecular weight excluding hydrogens is 173 g/mol. The number of carbonyl (C=O) groups excluding carboxylic acids is 1. The monoisotopic (exact) mass is 185 g/mol. The number of rotatable bonds is 4. The molecule has 0 amide bonds. The Labute approximate surface area is 95.7 Å². The van der Waals surface area contributed by atoms with Crippen molar-refractivity contribution in [2.45, 2.75) is 12.5 Å². The van der Waals surface area contributed by atoms with Crippen molar-refractivity contribution in [3.05, 3.63) is 35.9 Å². The number of likely N-dealkylation sites (N-methyl/N-ethyl adjacent to an activating group) is 1. The number of aliphatic carboxylic acids is 1. The quantitative estimate of drug-likeness (QED) is 0.497. The maximum atomic E-state index is 10.6. The van der Waals surface area contributed by atoms with Gasteiger partial charge in [-0.15, -0.1) is 0 Å². The Bertz CT molecular complexity index is 277. The van der Waals surface area contributed by atoms with E-state index in [4.69, 9.17) is 0 Å². The first-order valence-electron chi connectivity index (χ1n) is 4.16. The average molecular weight is 185 g/mol. The summed E-state index contributed by atoms with van der Waals surface area (Å²) in [5.74, 6) is -1.06. The molecule has 1 atom stereocenters. The zero-order valence-corrected chi connectivity index (χ0v) is 8.49. The smallest absolute Gasteiger partial charge is 0.548 e. The average Bonchev–Trinajstić information content (AvgIpc) is 2.15. The third-order valence-electron chi connectivity index (χ3n) is 1.92. The van der Waals surface area contributed by atoms with Gasteiger partial charge in [-0.1, -0.05) is 30.3 Å². The van der Waals surface area contributed by atoms with E-state index in [9.17, 15) is 9.90 Å². The van der Waals surface area contributed by atoms with E-state index < -0.39 is 12.0 Å². The standard InChI is InChI=1S/C10H13NO2.Li/c1-11-9(10(12)13)7-8-5-3-2-4-6-8;/h2-6,9,11H,7H2,1H3,(H,12,13);/q;+1/p-1/t9-;/m0./s1. The third-order valence-corrected chi connectivity index (χ3v) is 1.92. The zero-order chi connectivity index (χ0) is 9.68. The third kappa shape index (κ3) is 3.97. The molecule has 0 radical (unpaired) electrons. The van der Waals surface area contributed by atoms with Crippen molar-refractivity contribution in [3.8, 4) is 0 Å². The van der Waals surface area contributed by atoms with Gasteiger partial charge < -0.3 is 15.2 Å². The van der Waals surface area contributed by atoms with E-state index in [0.717, 1.165) is 5.56 Å². The predicted molar refractivity (Wildman–Crippen MR) is 48.0 cm³/mol. The normalized spacial score (nSPS) is 11.5. The molecule has 0 saturated carbocycles. The molecule has 1 aromatic rings. The van der Waals surface area contributed by atoms with E-state index in [-0.39, 0.29) is 18.9 Å². The minimum Gasteiger partial charge on any atom is -0.548 e. The maximum Gasteiger partial charge on any atom is 1.00 e. The van der Waals surface area contributed by atoms with Gasteiger partial charge in [-0.05, 0) is 19.0 Å². The fourth-order valence-corrected chi connectivity index (χ4v) is 1.15. The van der Waals surface area contributed by atoms with Gasteiger partial charge in [0.05, 0.1) is 12.0 Å². The first-order valence-corrected chi connectivity index (χ1v) is 4.16. The fraction of sp³-hybridized carbons (Fsp3) is 0.300. The molecule has 1 rings (SSSR count). The molecule has 0 bridgehead atoms. The van der Waals surface area contributed by atoms with Gasteiger partial charge in [0, 0.05) is 0 Å². The van der Waals surface area contributed by atoms with Crippen LogP contribution >= 0.6 is 0 Å². The Morgan fingerprint density at radius 1 is 1.43 bits per heavy atom.